The molecule has 0 unspecified atom stereocenters. The highest BCUT2D eigenvalue weighted by atomic mass is 127. The molecule has 0 radical (unpaired) electrons. The first-order valence-corrected chi connectivity index (χ1v) is 14.9. The lowest BCUT2D eigenvalue weighted by molar-refractivity contribution is -0.139. The van der Waals surface area contributed by atoms with E-state index < -0.39 is 11.5 Å². The Morgan fingerprint density at radius 3 is 2.52 bits per heavy atom. The van der Waals surface area contributed by atoms with Gasteiger partial charge in [0.1, 0.15) is 0 Å². The molecule has 0 aromatic heterocycles. The number of rotatable bonds is 13. The average Bonchev–Trinajstić information content (AvgIpc) is 3.13. The minimum Gasteiger partial charge on any atom is -0.395 e. The molecule has 2 aromatic rings. The maximum Gasteiger partial charge on any atom is 0.264 e. The Morgan fingerprint density at radius 2 is 1.85 bits per heavy atom. The highest BCUT2D eigenvalue weighted by molar-refractivity contribution is 14.1. The van der Waals surface area contributed by atoms with E-state index in [-0.39, 0.29) is 31.4 Å². The van der Waals surface area contributed by atoms with Gasteiger partial charge in [-0.2, -0.15) is 0 Å². The van der Waals surface area contributed by atoms with Crippen molar-refractivity contribution in [3.8, 4) is 0 Å². The van der Waals surface area contributed by atoms with Gasteiger partial charge >= 0.3 is 0 Å². The van der Waals surface area contributed by atoms with Crippen molar-refractivity contribution in [1.82, 2.24) is 4.90 Å². The quantitative estimate of drug-likeness (QED) is 0.201. The summed E-state index contributed by atoms with van der Waals surface area (Å²) in [5.74, 6) is -1.04. The Hall–Kier alpha value is -2.75. The lowest BCUT2D eigenvalue weighted by Crippen LogP contribution is -2.44. The lowest BCUT2D eigenvalue weighted by Gasteiger charge is -2.27. The number of carbonyl (C=O) groups excluding carboxylic acids is 2. The number of hydrogen-bond donors (Lipinski definition) is 2. The van der Waals surface area contributed by atoms with E-state index in [1.807, 2.05) is 55.5 Å². The smallest absolute Gasteiger partial charge is 0.264 e. The summed E-state index contributed by atoms with van der Waals surface area (Å²) < 4.78 is 0.935. The van der Waals surface area contributed by atoms with E-state index in [0.717, 1.165) is 27.7 Å². The van der Waals surface area contributed by atoms with E-state index in [2.05, 4.69) is 55.5 Å². The van der Waals surface area contributed by atoms with Crippen molar-refractivity contribution in [2.24, 2.45) is 5.92 Å². The molecule has 2 amide bonds. The van der Waals surface area contributed by atoms with Crippen LogP contribution in [0.1, 0.15) is 58.1 Å². The molecule has 6 nitrogen and oxygen atoms in total. The summed E-state index contributed by atoms with van der Waals surface area (Å²) in [5.41, 5.74) is 3.05. The van der Waals surface area contributed by atoms with E-state index >= 15 is 0 Å². The maximum absolute atomic E-state index is 13.7. The summed E-state index contributed by atoms with van der Waals surface area (Å²) in [6.07, 6.45) is 9.72. The zero-order chi connectivity index (χ0) is 29.3. The van der Waals surface area contributed by atoms with Crippen LogP contribution in [0.3, 0.4) is 0 Å². The van der Waals surface area contributed by atoms with Gasteiger partial charge in [0.15, 0.2) is 5.60 Å². The normalized spacial score (nSPS) is 17.7. The standard InChI is InChI=1S/C33H41IN2O4/c1-24(2)10-8-11-25(3)18-19-36-30-17-16-28(34)22-29(30)33(40,32(36)39)26(4)12-9-15-31(38)35(20-21-37)23-27-13-6-5-7-14-27/h5-7,9-10,12-14,16-18,22,26,37,40H,8,11,15,19-21,23H2,1-4H3/b12-9+,25-18+/t26-,33+/m1/s1. The molecule has 40 heavy (non-hydrogen) atoms. The highest BCUT2D eigenvalue weighted by Crippen LogP contribution is 2.45. The van der Waals surface area contributed by atoms with E-state index in [1.54, 1.807) is 22.0 Å². The summed E-state index contributed by atoms with van der Waals surface area (Å²) in [6, 6.07) is 15.4. The largest absolute Gasteiger partial charge is 0.395 e. The highest BCUT2D eigenvalue weighted by Gasteiger charge is 2.52. The van der Waals surface area contributed by atoms with E-state index in [0.29, 0.717) is 18.7 Å². The number of aliphatic hydroxyl groups is 2. The number of amides is 2. The number of benzene rings is 2. The van der Waals surface area contributed by atoms with Gasteiger partial charge in [0, 0.05) is 41.1 Å². The number of aliphatic hydroxyl groups excluding tert-OH is 1. The van der Waals surface area contributed by atoms with Crippen molar-refractivity contribution in [2.45, 2.75) is 59.1 Å². The Morgan fingerprint density at radius 1 is 1.12 bits per heavy atom. The van der Waals surface area contributed by atoms with E-state index in [9.17, 15) is 19.8 Å². The van der Waals surface area contributed by atoms with Gasteiger partial charge in [-0.25, -0.2) is 0 Å². The van der Waals surface area contributed by atoms with Crippen molar-refractivity contribution in [2.75, 3.05) is 24.6 Å². The van der Waals surface area contributed by atoms with Crippen LogP contribution in [0.5, 0.6) is 0 Å². The van der Waals surface area contributed by atoms with Gasteiger partial charge in [-0.1, -0.05) is 72.7 Å². The Balaban J connectivity index is 1.75. The molecule has 2 N–H and O–H groups in total. The summed E-state index contributed by atoms with van der Waals surface area (Å²) >= 11 is 2.19. The monoisotopic (exact) mass is 656 g/mol. The fourth-order valence-corrected chi connectivity index (χ4v) is 5.39. The Bertz CT molecular complexity index is 1270. The molecule has 0 bridgehead atoms. The van der Waals surface area contributed by atoms with Crippen LogP contribution in [0.15, 0.2) is 84.0 Å². The summed E-state index contributed by atoms with van der Waals surface area (Å²) in [4.78, 5) is 30.0. The van der Waals surface area contributed by atoms with Crippen LogP contribution in [0.4, 0.5) is 5.69 Å². The number of nitrogens with zero attached hydrogens (tertiary/aromatic N) is 2. The van der Waals surface area contributed by atoms with Crippen molar-refractivity contribution < 1.29 is 19.8 Å². The van der Waals surface area contributed by atoms with Crippen LogP contribution in [-0.2, 0) is 21.7 Å². The molecule has 7 heteroatoms. The number of fused-ring (bicyclic) bond motifs is 1. The first-order valence-electron chi connectivity index (χ1n) is 13.8. The minimum atomic E-state index is -1.73. The molecule has 0 saturated carbocycles. The zero-order valence-electron chi connectivity index (χ0n) is 23.9. The second-order valence-corrected chi connectivity index (χ2v) is 11.9. The van der Waals surface area contributed by atoms with Crippen LogP contribution in [-0.4, -0.2) is 46.6 Å². The molecule has 1 aliphatic rings. The molecule has 3 rings (SSSR count). The molecule has 2 aromatic carbocycles. The first kappa shape index (κ1) is 31.8. The van der Waals surface area contributed by atoms with Crippen LogP contribution in [0, 0.1) is 9.49 Å². The molecule has 0 aliphatic carbocycles. The molecular weight excluding hydrogens is 615 g/mol. The third-order valence-corrected chi connectivity index (χ3v) is 7.93. The Labute approximate surface area is 252 Å². The number of carbonyl (C=O) groups is 2. The summed E-state index contributed by atoms with van der Waals surface area (Å²) in [7, 11) is 0. The molecule has 0 fully saturated rings. The van der Waals surface area contributed by atoms with Gasteiger partial charge in [0.2, 0.25) is 5.91 Å². The van der Waals surface area contributed by atoms with E-state index in [1.165, 1.54) is 11.1 Å². The summed E-state index contributed by atoms with van der Waals surface area (Å²) in [6.45, 7) is 8.96. The van der Waals surface area contributed by atoms with Crippen LogP contribution >= 0.6 is 22.6 Å². The van der Waals surface area contributed by atoms with E-state index in [4.69, 9.17) is 0 Å². The van der Waals surface area contributed by atoms with Crippen LogP contribution < -0.4 is 4.90 Å². The second-order valence-electron chi connectivity index (χ2n) is 10.7. The predicted molar refractivity (Wildman–Crippen MR) is 170 cm³/mol. The molecule has 214 valence electrons. The second kappa shape index (κ2) is 14.8. The van der Waals surface area contributed by atoms with Gasteiger partial charge in [-0.05, 0) is 80.0 Å². The van der Waals surface area contributed by atoms with Crippen LogP contribution in [0.2, 0.25) is 0 Å². The summed E-state index contributed by atoms with van der Waals surface area (Å²) in [5, 5.41) is 21.4. The third kappa shape index (κ3) is 7.92. The fourth-order valence-electron chi connectivity index (χ4n) is 4.90. The molecule has 0 spiro atoms. The minimum absolute atomic E-state index is 0.109. The molecular formula is C33H41IN2O4. The van der Waals surface area contributed by atoms with Gasteiger partial charge < -0.3 is 20.0 Å². The fraction of sp³-hybridized carbons (Fsp3) is 0.394. The van der Waals surface area contributed by atoms with Crippen LogP contribution in [0.25, 0.3) is 0 Å². The van der Waals surface area contributed by atoms with Crippen molar-refractivity contribution in [3.05, 3.63) is 98.7 Å². The third-order valence-electron chi connectivity index (χ3n) is 7.26. The number of hydrogen-bond acceptors (Lipinski definition) is 4. The predicted octanol–water partition coefficient (Wildman–Crippen LogP) is 6.12. The molecule has 2 atom stereocenters. The van der Waals surface area contributed by atoms with Crippen molar-refractivity contribution >= 4 is 40.1 Å². The number of anilines is 1. The lowest BCUT2D eigenvalue weighted by atomic mass is 9.83. The first-order chi connectivity index (χ1) is 19.1. The molecule has 0 saturated heterocycles. The van der Waals surface area contributed by atoms with Crippen molar-refractivity contribution in [1.29, 1.82) is 0 Å². The zero-order valence-corrected chi connectivity index (χ0v) is 26.1. The van der Waals surface area contributed by atoms with Gasteiger partial charge in [0.05, 0.1) is 12.3 Å². The van der Waals surface area contributed by atoms with Gasteiger partial charge in [0.25, 0.3) is 5.91 Å². The number of allylic oxidation sites excluding steroid dienone is 3. The van der Waals surface area contributed by atoms with Gasteiger partial charge in [-0.3, -0.25) is 9.59 Å². The molecule has 1 aliphatic heterocycles. The Kier molecular flexibility index (Phi) is 11.7. The van der Waals surface area contributed by atoms with Crippen molar-refractivity contribution in [3.63, 3.8) is 0 Å². The van der Waals surface area contributed by atoms with Gasteiger partial charge in [-0.15, -0.1) is 0 Å². The number of halogens is 1. The maximum atomic E-state index is 13.7. The average molecular weight is 657 g/mol. The molecule has 1 heterocycles. The SMILES string of the molecule is CC(C)=CCC/C(C)=C/CN1C(=O)[C@](O)([C@H](C)/C=C/CC(=O)N(CCO)Cc2ccccc2)c2cc(I)ccc21. The topological polar surface area (TPSA) is 81.1 Å².